The van der Waals surface area contributed by atoms with E-state index in [0.717, 1.165) is 4.90 Å². The fourth-order valence-electron chi connectivity index (χ4n) is 4.66. The van der Waals surface area contributed by atoms with Crippen molar-refractivity contribution in [3.63, 3.8) is 0 Å². The van der Waals surface area contributed by atoms with Crippen molar-refractivity contribution in [1.29, 1.82) is 0 Å². The smallest absolute Gasteiger partial charge is 0.413 e. The Morgan fingerprint density at radius 1 is 1.23 bits per heavy atom. The highest BCUT2D eigenvalue weighted by molar-refractivity contribution is 8.00. The van der Waals surface area contributed by atoms with Crippen molar-refractivity contribution < 1.29 is 13.6 Å². The number of aryl methyl sites for hydroxylation is 1. The van der Waals surface area contributed by atoms with Gasteiger partial charge in [-0.2, -0.15) is 0 Å². The Balaban J connectivity index is 1.13. The molecule has 6 rings (SSSR count). The van der Waals surface area contributed by atoms with E-state index < -0.39 is 5.76 Å². The normalized spacial score (nSPS) is 16.5. The van der Waals surface area contributed by atoms with Crippen LogP contribution in [0.5, 0.6) is 0 Å². The highest BCUT2D eigenvalue weighted by Gasteiger charge is 2.28. The van der Waals surface area contributed by atoms with Crippen molar-refractivity contribution >= 4 is 34.4 Å². The second-order valence-electron chi connectivity index (χ2n) is 8.50. The number of nitrogens with one attached hydrogen (secondary N) is 2. The van der Waals surface area contributed by atoms with Gasteiger partial charge in [-0.3, -0.25) is 9.59 Å². The fourth-order valence-corrected chi connectivity index (χ4v) is 5.45. The largest absolute Gasteiger partial charge is 0.423 e. The van der Waals surface area contributed by atoms with Gasteiger partial charge in [0.05, 0.1) is 46.6 Å². The molecule has 35 heavy (non-hydrogen) atoms. The quantitative estimate of drug-likeness (QED) is 0.397. The lowest BCUT2D eigenvalue weighted by atomic mass is 10.1. The first-order chi connectivity index (χ1) is 17.0. The number of rotatable bonds is 6. The standard InChI is InChI=1S/C24H20FN5O4S/c25-15-4-5-16-23-22(15)18(11-30(23)21(32)9-27-16)26-7-1-2-14-10-29(24(33)34-14)13-3-6-19-17(8-13)28-20(31)12-35-19/h3-6,8-10,18,26H,1-2,7,11-12H2,(H,28,31)/t18-/m0/s1. The Kier molecular flexibility index (Phi) is 5.30. The third-order valence-electron chi connectivity index (χ3n) is 6.26. The van der Waals surface area contributed by atoms with E-state index in [0.29, 0.717) is 65.4 Å². The average Bonchev–Trinajstić information content (AvgIpc) is 3.42. The molecule has 2 N–H and O–H groups in total. The summed E-state index contributed by atoms with van der Waals surface area (Å²) in [5, 5.41) is 6.14. The molecule has 9 nitrogen and oxygen atoms in total. The van der Waals surface area contributed by atoms with Crippen molar-refractivity contribution in [2.75, 3.05) is 17.6 Å². The number of nitrogens with zero attached hydrogens (tertiary/aromatic N) is 3. The number of thioether (sulfide) groups is 1. The van der Waals surface area contributed by atoms with Gasteiger partial charge in [0.25, 0.3) is 5.56 Å². The zero-order valence-electron chi connectivity index (χ0n) is 18.4. The van der Waals surface area contributed by atoms with Crippen LogP contribution in [0, 0.1) is 5.82 Å². The molecule has 2 aromatic heterocycles. The summed E-state index contributed by atoms with van der Waals surface area (Å²) in [5.74, 6) is -0.0456. The van der Waals surface area contributed by atoms with Gasteiger partial charge in [0, 0.05) is 23.4 Å². The number of anilines is 1. The molecule has 1 atom stereocenters. The van der Waals surface area contributed by atoms with Crippen LogP contribution in [0.2, 0.25) is 0 Å². The maximum absolute atomic E-state index is 14.6. The highest BCUT2D eigenvalue weighted by atomic mass is 32.2. The van der Waals surface area contributed by atoms with E-state index in [1.807, 2.05) is 12.1 Å². The zero-order chi connectivity index (χ0) is 24.1. The number of fused-ring (bicyclic) bond motifs is 1. The molecule has 0 unspecified atom stereocenters. The number of carbonyl (C=O) groups is 1. The molecule has 0 saturated heterocycles. The number of hydrogen-bond acceptors (Lipinski definition) is 7. The van der Waals surface area contributed by atoms with Crippen LogP contribution in [0.4, 0.5) is 10.1 Å². The number of oxazole rings is 1. The predicted octanol–water partition coefficient (Wildman–Crippen LogP) is 2.60. The molecule has 0 bridgehead atoms. The van der Waals surface area contributed by atoms with Gasteiger partial charge in [-0.1, -0.05) is 0 Å². The Hall–Kier alpha value is -3.70. The molecule has 178 valence electrons. The summed E-state index contributed by atoms with van der Waals surface area (Å²) in [5.41, 5.74) is 2.62. The summed E-state index contributed by atoms with van der Waals surface area (Å²) in [4.78, 5) is 41.4. The summed E-state index contributed by atoms with van der Waals surface area (Å²) >= 11 is 1.45. The first kappa shape index (κ1) is 21.8. The van der Waals surface area contributed by atoms with Gasteiger partial charge in [-0.05, 0) is 43.3 Å². The SMILES string of the molecule is O=C1CSc2ccc(-n3cc(CCCN[C@H]4Cn5c(=O)cnc6ccc(F)c4c65)oc3=O)cc2N1. The van der Waals surface area contributed by atoms with Crippen LogP contribution >= 0.6 is 11.8 Å². The third kappa shape index (κ3) is 3.86. The van der Waals surface area contributed by atoms with E-state index in [9.17, 15) is 18.8 Å². The second kappa shape index (κ2) is 8.51. The molecule has 0 fully saturated rings. The molecule has 2 aromatic carbocycles. The number of halogens is 1. The lowest BCUT2D eigenvalue weighted by Gasteiger charge is -2.16. The van der Waals surface area contributed by atoms with Crippen LogP contribution in [0.25, 0.3) is 16.7 Å². The van der Waals surface area contributed by atoms with Crippen molar-refractivity contribution in [2.45, 2.75) is 30.3 Å². The summed E-state index contributed by atoms with van der Waals surface area (Å²) in [6, 6.07) is 8.06. The van der Waals surface area contributed by atoms with Crippen molar-refractivity contribution in [1.82, 2.24) is 19.4 Å². The summed E-state index contributed by atoms with van der Waals surface area (Å²) in [6.07, 6.45) is 4.05. The topological polar surface area (TPSA) is 111 Å². The van der Waals surface area contributed by atoms with Crippen LogP contribution in [0.15, 0.2) is 61.6 Å². The van der Waals surface area contributed by atoms with Crippen LogP contribution in [-0.4, -0.2) is 32.3 Å². The molecule has 0 radical (unpaired) electrons. The van der Waals surface area contributed by atoms with Crippen molar-refractivity contribution in [2.24, 2.45) is 0 Å². The maximum atomic E-state index is 14.6. The van der Waals surface area contributed by atoms with Crippen LogP contribution in [0.3, 0.4) is 0 Å². The molecule has 0 saturated carbocycles. The number of aromatic nitrogens is 3. The second-order valence-corrected chi connectivity index (χ2v) is 9.51. The van der Waals surface area contributed by atoms with Crippen molar-refractivity contribution in [3.05, 3.63) is 80.8 Å². The predicted molar refractivity (Wildman–Crippen MR) is 129 cm³/mol. The average molecular weight is 494 g/mol. The fraction of sp³-hybridized carbons (Fsp3) is 0.250. The first-order valence-electron chi connectivity index (χ1n) is 11.2. The minimum atomic E-state index is -0.505. The van der Waals surface area contributed by atoms with Gasteiger partial charge in [0.15, 0.2) is 0 Å². The van der Waals surface area contributed by atoms with Gasteiger partial charge in [-0.25, -0.2) is 18.7 Å². The summed E-state index contributed by atoms with van der Waals surface area (Å²) in [7, 11) is 0. The Morgan fingerprint density at radius 3 is 3.00 bits per heavy atom. The Labute approximate surface area is 202 Å². The monoisotopic (exact) mass is 493 g/mol. The lowest BCUT2D eigenvalue weighted by molar-refractivity contribution is -0.113. The van der Waals surface area contributed by atoms with Gasteiger partial charge < -0.3 is 19.6 Å². The maximum Gasteiger partial charge on any atom is 0.423 e. The van der Waals surface area contributed by atoms with E-state index >= 15 is 0 Å². The number of hydrogen-bond donors (Lipinski definition) is 2. The molecule has 11 heteroatoms. The lowest BCUT2D eigenvalue weighted by Crippen LogP contribution is -2.26. The van der Waals surface area contributed by atoms with E-state index in [1.54, 1.807) is 22.9 Å². The number of carbonyl (C=O) groups excluding carboxylic acids is 1. The molecule has 0 spiro atoms. The van der Waals surface area contributed by atoms with Crippen LogP contribution in [-0.2, 0) is 17.8 Å². The molecule has 0 aliphatic carbocycles. The molecule has 2 aliphatic heterocycles. The van der Waals surface area contributed by atoms with Gasteiger partial charge in [0.2, 0.25) is 5.91 Å². The molecule has 2 aliphatic rings. The van der Waals surface area contributed by atoms with E-state index in [2.05, 4.69) is 15.6 Å². The van der Waals surface area contributed by atoms with E-state index in [1.165, 1.54) is 28.6 Å². The molecular weight excluding hydrogens is 473 g/mol. The number of benzene rings is 2. The number of amides is 1. The van der Waals surface area contributed by atoms with E-state index in [-0.39, 0.29) is 23.3 Å². The third-order valence-corrected chi connectivity index (χ3v) is 7.33. The van der Waals surface area contributed by atoms with Crippen LogP contribution in [0.1, 0.15) is 23.8 Å². The van der Waals surface area contributed by atoms with Crippen molar-refractivity contribution in [3.8, 4) is 5.69 Å². The van der Waals surface area contributed by atoms with Crippen LogP contribution < -0.4 is 21.9 Å². The van der Waals surface area contributed by atoms with Gasteiger partial charge in [-0.15, -0.1) is 11.8 Å². The highest BCUT2D eigenvalue weighted by Crippen LogP contribution is 2.33. The van der Waals surface area contributed by atoms with Gasteiger partial charge in [0.1, 0.15) is 11.6 Å². The van der Waals surface area contributed by atoms with E-state index in [4.69, 9.17) is 4.42 Å². The zero-order valence-corrected chi connectivity index (χ0v) is 19.2. The summed E-state index contributed by atoms with van der Waals surface area (Å²) < 4.78 is 23.0. The first-order valence-corrected chi connectivity index (χ1v) is 12.2. The Morgan fingerprint density at radius 2 is 2.11 bits per heavy atom. The summed E-state index contributed by atoms with van der Waals surface area (Å²) in [6.45, 7) is 0.875. The minimum absolute atomic E-state index is 0.0741. The Bertz CT molecular complexity index is 1610. The minimum Gasteiger partial charge on any atom is -0.413 e. The molecule has 4 heterocycles. The molecular formula is C24H20FN5O4S. The molecule has 4 aromatic rings. The van der Waals surface area contributed by atoms with Gasteiger partial charge >= 0.3 is 5.76 Å². The molecule has 1 amide bonds.